The molecule has 1 saturated heterocycles. The average Bonchev–Trinajstić information content (AvgIpc) is 2.72. The van der Waals surface area contributed by atoms with Crippen molar-refractivity contribution in [1.29, 1.82) is 0 Å². The molecule has 0 unspecified atom stereocenters. The Morgan fingerprint density at radius 3 is 2.32 bits per heavy atom. The Labute approximate surface area is 168 Å². The third-order valence-electron chi connectivity index (χ3n) is 6.38. The smallest absolute Gasteiger partial charge is 0.260 e. The molecule has 0 atom stereocenters. The molecule has 5 heteroatoms. The number of hydrogen-bond acceptors (Lipinski definition) is 3. The van der Waals surface area contributed by atoms with E-state index in [2.05, 4.69) is 18.3 Å². The molecule has 0 aromatic heterocycles. The second kappa shape index (κ2) is 9.44. The van der Waals surface area contributed by atoms with E-state index in [1.807, 2.05) is 24.8 Å². The van der Waals surface area contributed by atoms with Crippen molar-refractivity contribution < 1.29 is 14.3 Å². The minimum Gasteiger partial charge on any atom is -0.483 e. The van der Waals surface area contributed by atoms with E-state index in [0.717, 1.165) is 42.6 Å². The molecule has 154 valence electrons. The summed E-state index contributed by atoms with van der Waals surface area (Å²) in [5, 5.41) is 3.22. The maximum atomic E-state index is 12.6. The minimum absolute atomic E-state index is 0.0253. The summed E-state index contributed by atoms with van der Waals surface area (Å²) in [6.45, 7) is 7.53. The van der Waals surface area contributed by atoms with Gasteiger partial charge in [-0.2, -0.15) is 0 Å². The normalized spacial score (nSPS) is 18.8. The highest BCUT2D eigenvalue weighted by Gasteiger charge is 2.27. The van der Waals surface area contributed by atoms with E-state index in [1.54, 1.807) is 0 Å². The molecule has 2 amide bonds. The topological polar surface area (TPSA) is 58.6 Å². The number of amides is 2. The van der Waals surface area contributed by atoms with Crippen LogP contribution in [-0.4, -0.2) is 42.5 Å². The summed E-state index contributed by atoms with van der Waals surface area (Å²) >= 11 is 0. The van der Waals surface area contributed by atoms with Crippen LogP contribution in [0.2, 0.25) is 0 Å². The van der Waals surface area contributed by atoms with Gasteiger partial charge in [0.05, 0.1) is 0 Å². The van der Waals surface area contributed by atoms with E-state index >= 15 is 0 Å². The van der Waals surface area contributed by atoms with Crippen LogP contribution in [0, 0.1) is 26.7 Å². The van der Waals surface area contributed by atoms with Gasteiger partial charge in [0.15, 0.2) is 6.61 Å². The van der Waals surface area contributed by atoms with Crippen LogP contribution in [0.15, 0.2) is 12.1 Å². The average molecular weight is 387 g/mol. The number of piperidine rings is 1. The molecule has 5 nitrogen and oxygen atoms in total. The predicted molar refractivity (Wildman–Crippen MR) is 110 cm³/mol. The number of nitrogens with zero attached hydrogens (tertiary/aromatic N) is 1. The fourth-order valence-corrected chi connectivity index (χ4v) is 4.33. The number of carbonyl (C=O) groups is 2. The number of likely N-dealkylation sites (tertiary alicyclic amines) is 1. The number of hydrogen-bond donors (Lipinski definition) is 1. The lowest BCUT2D eigenvalue weighted by atomic mass is 9.88. The van der Waals surface area contributed by atoms with E-state index in [9.17, 15) is 9.59 Å². The van der Waals surface area contributed by atoms with Gasteiger partial charge >= 0.3 is 0 Å². The Bertz CT molecular complexity index is 702. The molecule has 28 heavy (non-hydrogen) atoms. The second-order valence-electron chi connectivity index (χ2n) is 8.44. The molecule has 1 aliphatic heterocycles. The first-order chi connectivity index (χ1) is 13.5. The van der Waals surface area contributed by atoms with Crippen molar-refractivity contribution in [2.75, 3.05) is 19.7 Å². The lowest BCUT2D eigenvalue weighted by Crippen LogP contribution is -2.49. The van der Waals surface area contributed by atoms with Crippen molar-refractivity contribution in [2.24, 2.45) is 5.92 Å². The Balaban J connectivity index is 1.44. The molecular formula is C23H34N2O3. The van der Waals surface area contributed by atoms with Crippen molar-refractivity contribution in [2.45, 2.75) is 71.8 Å². The first-order valence-corrected chi connectivity index (χ1v) is 10.7. The highest BCUT2D eigenvalue weighted by molar-refractivity contribution is 5.79. The van der Waals surface area contributed by atoms with E-state index < -0.39 is 0 Å². The van der Waals surface area contributed by atoms with Crippen LogP contribution < -0.4 is 10.1 Å². The Hall–Kier alpha value is -2.04. The summed E-state index contributed by atoms with van der Waals surface area (Å²) in [6.07, 6.45) is 7.31. The van der Waals surface area contributed by atoms with Crippen molar-refractivity contribution in [1.82, 2.24) is 10.2 Å². The van der Waals surface area contributed by atoms with Crippen LogP contribution in [0.5, 0.6) is 5.75 Å². The van der Waals surface area contributed by atoms with Crippen LogP contribution in [0.4, 0.5) is 0 Å². The highest BCUT2D eigenvalue weighted by Crippen LogP contribution is 2.26. The molecule has 2 fully saturated rings. The molecule has 1 aromatic carbocycles. The quantitative estimate of drug-likeness (QED) is 0.840. The Morgan fingerprint density at radius 1 is 1.00 bits per heavy atom. The predicted octanol–water partition coefficient (Wildman–Crippen LogP) is 3.68. The van der Waals surface area contributed by atoms with Gasteiger partial charge in [-0.05, 0) is 63.1 Å². The molecule has 2 aliphatic rings. The number of rotatable bonds is 5. The second-order valence-corrected chi connectivity index (χ2v) is 8.44. The largest absolute Gasteiger partial charge is 0.483 e. The molecule has 1 N–H and O–H groups in total. The van der Waals surface area contributed by atoms with Gasteiger partial charge in [-0.25, -0.2) is 0 Å². The van der Waals surface area contributed by atoms with Gasteiger partial charge < -0.3 is 15.0 Å². The number of aryl methyl sites for hydroxylation is 2. The summed E-state index contributed by atoms with van der Waals surface area (Å²) in [6, 6.07) is 4.30. The third kappa shape index (κ3) is 5.06. The maximum Gasteiger partial charge on any atom is 0.260 e. The maximum absolute atomic E-state index is 12.6. The van der Waals surface area contributed by atoms with Gasteiger partial charge in [-0.15, -0.1) is 0 Å². The first kappa shape index (κ1) is 20.7. The van der Waals surface area contributed by atoms with Crippen LogP contribution in [0.25, 0.3) is 0 Å². The molecule has 0 bridgehead atoms. The van der Waals surface area contributed by atoms with Gasteiger partial charge in [0.2, 0.25) is 5.91 Å². The molecule has 1 saturated carbocycles. The zero-order chi connectivity index (χ0) is 20.1. The van der Waals surface area contributed by atoms with Crippen molar-refractivity contribution in [3.05, 3.63) is 28.8 Å². The molecule has 0 radical (unpaired) electrons. The van der Waals surface area contributed by atoms with Gasteiger partial charge in [-0.3, -0.25) is 9.59 Å². The number of carbonyl (C=O) groups excluding carboxylic acids is 2. The standard InChI is InChI=1S/C23H34N2O3/c1-16-9-10-17(2)22(18(16)3)28-15-21(26)25-13-11-20(12-14-25)24-23(27)19-7-5-4-6-8-19/h9-10,19-20H,4-8,11-15H2,1-3H3,(H,24,27). The molecule has 1 aromatic rings. The summed E-state index contributed by atoms with van der Waals surface area (Å²) in [7, 11) is 0. The van der Waals surface area contributed by atoms with Crippen molar-refractivity contribution in [3.63, 3.8) is 0 Å². The van der Waals surface area contributed by atoms with Crippen molar-refractivity contribution >= 4 is 11.8 Å². The summed E-state index contributed by atoms with van der Waals surface area (Å²) in [5.41, 5.74) is 3.32. The molecule has 1 aliphatic carbocycles. The number of nitrogens with one attached hydrogen (secondary N) is 1. The lowest BCUT2D eigenvalue weighted by molar-refractivity contribution is -0.134. The first-order valence-electron chi connectivity index (χ1n) is 10.7. The van der Waals surface area contributed by atoms with Gasteiger partial charge in [0.1, 0.15) is 5.75 Å². The Kier molecular flexibility index (Phi) is 6.97. The van der Waals surface area contributed by atoms with E-state index in [1.165, 1.54) is 24.8 Å². The van der Waals surface area contributed by atoms with Crippen LogP contribution >= 0.6 is 0 Å². The van der Waals surface area contributed by atoms with Crippen LogP contribution in [-0.2, 0) is 9.59 Å². The zero-order valence-electron chi connectivity index (χ0n) is 17.6. The minimum atomic E-state index is 0.0253. The van der Waals surface area contributed by atoms with Crippen LogP contribution in [0.3, 0.4) is 0 Å². The number of ether oxygens (including phenoxy) is 1. The third-order valence-corrected chi connectivity index (χ3v) is 6.38. The van der Waals surface area contributed by atoms with Crippen molar-refractivity contribution in [3.8, 4) is 5.75 Å². The van der Waals surface area contributed by atoms with Crippen LogP contribution in [0.1, 0.15) is 61.6 Å². The van der Waals surface area contributed by atoms with Gasteiger partial charge in [0, 0.05) is 25.0 Å². The fourth-order valence-electron chi connectivity index (χ4n) is 4.33. The van der Waals surface area contributed by atoms with E-state index in [-0.39, 0.29) is 30.4 Å². The van der Waals surface area contributed by atoms with E-state index in [0.29, 0.717) is 13.1 Å². The highest BCUT2D eigenvalue weighted by atomic mass is 16.5. The Morgan fingerprint density at radius 2 is 1.64 bits per heavy atom. The zero-order valence-corrected chi connectivity index (χ0v) is 17.6. The van der Waals surface area contributed by atoms with Gasteiger partial charge in [-0.1, -0.05) is 31.4 Å². The molecule has 3 rings (SSSR count). The number of benzene rings is 1. The molecular weight excluding hydrogens is 352 g/mol. The fraction of sp³-hybridized carbons (Fsp3) is 0.652. The van der Waals surface area contributed by atoms with Gasteiger partial charge in [0.25, 0.3) is 5.91 Å². The summed E-state index contributed by atoms with van der Waals surface area (Å²) < 4.78 is 5.87. The van der Waals surface area contributed by atoms with E-state index in [4.69, 9.17) is 4.74 Å². The molecule has 0 spiro atoms. The summed E-state index contributed by atoms with van der Waals surface area (Å²) in [4.78, 5) is 26.9. The monoisotopic (exact) mass is 386 g/mol. The molecule has 1 heterocycles. The summed E-state index contributed by atoms with van der Waals surface area (Å²) in [5.74, 6) is 1.26. The lowest BCUT2D eigenvalue weighted by Gasteiger charge is -2.33. The SMILES string of the molecule is Cc1ccc(C)c(OCC(=O)N2CCC(NC(=O)C3CCCCC3)CC2)c1C.